The lowest BCUT2D eigenvalue weighted by molar-refractivity contribution is -0.120. The molecular formula is C22H27FN2O3S. The fraction of sp³-hybridized carbons (Fsp3) is 0.409. The van der Waals surface area contributed by atoms with Gasteiger partial charge in [0.05, 0.1) is 5.75 Å². The van der Waals surface area contributed by atoms with Gasteiger partial charge in [-0.1, -0.05) is 44.2 Å². The van der Waals surface area contributed by atoms with E-state index in [0.717, 1.165) is 11.3 Å². The van der Waals surface area contributed by atoms with Crippen LogP contribution in [0.2, 0.25) is 0 Å². The number of para-hydroxylation sites is 1. The van der Waals surface area contributed by atoms with Gasteiger partial charge >= 0.3 is 0 Å². The third-order valence-electron chi connectivity index (χ3n) is 5.32. The number of piperidine rings is 1. The summed E-state index contributed by atoms with van der Waals surface area (Å²) in [7, 11) is -3.50. The molecule has 2 aromatic carbocycles. The number of hydrogen-bond acceptors (Lipinski definition) is 3. The van der Waals surface area contributed by atoms with E-state index in [4.69, 9.17) is 0 Å². The number of nitrogens with one attached hydrogen (secondary N) is 1. The summed E-state index contributed by atoms with van der Waals surface area (Å²) in [6.45, 7) is 4.78. The summed E-state index contributed by atoms with van der Waals surface area (Å²) in [6, 6.07) is 13.2. The van der Waals surface area contributed by atoms with Crippen molar-refractivity contribution in [3.05, 3.63) is 65.5 Å². The van der Waals surface area contributed by atoms with Crippen LogP contribution in [0.25, 0.3) is 0 Å². The molecule has 0 aromatic heterocycles. The van der Waals surface area contributed by atoms with Gasteiger partial charge in [0.25, 0.3) is 0 Å². The van der Waals surface area contributed by atoms with Crippen molar-refractivity contribution in [2.75, 3.05) is 18.4 Å². The van der Waals surface area contributed by atoms with E-state index in [0.29, 0.717) is 37.4 Å². The molecule has 0 unspecified atom stereocenters. The van der Waals surface area contributed by atoms with Crippen LogP contribution in [0.4, 0.5) is 10.1 Å². The highest BCUT2D eigenvalue weighted by Crippen LogP contribution is 2.27. The van der Waals surface area contributed by atoms with Gasteiger partial charge < -0.3 is 5.32 Å². The zero-order valence-corrected chi connectivity index (χ0v) is 17.6. The summed E-state index contributed by atoms with van der Waals surface area (Å²) < 4.78 is 39.8. The van der Waals surface area contributed by atoms with Crippen molar-refractivity contribution in [2.45, 2.75) is 38.4 Å². The Balaban J connectivity index is 1.58. The van der Waals surface area contributed by atoms with Gasteiger partial charge in [-0.2, -0.15) is 0 Å². The zero-order chi connectivity index (χ0) is 21.0. The molecular weight excluding hydrogens is 391 g/mol. The Hall–Kier alpha value is -2.25. The molecule has 5 nitrogen and oxygen atoms in total. The third-order valence-corrected chi connectivity index (χ3v) is 7.17. The van der Waals surface area contributed by atoms with Crippen molar-refractivity contribution in [2.24, 2.45) is 5.92 Å². The molecule has 1 heterocycles. The van der Waals surface area contributed by atoms with Crippen molar-refractivity contribution in [3.8, 4) is 0 Å². The molecule has 1 amide bonds. The molecule has 7 heteroatoms. The molecule has 0 spiro atoms. The van der Waals surface area contributed by atoms with Crippen LogP contribution in [0, 0.1) is 11.7 Å². The number of carbonyl (C=O) groups is 1. The number of nitrogens with zero attached hydrogens (tertiary/aromatic N) is 1. The maximum atomic E-state index is 13.0. The van der Waals surface area contributed by atoms with Crippen LogP contribution in [0.15, 0.2) is 48.5 Å². The standard InChI is InChI=1S/C22H27FN2O3S/c1-16(2)20-5-3-4-6-21(20)24-22(26)18-11-13-25(14-12-18)29(27,28)15-17-7-9-19(23)10-8-17/h3-10,16,18H,11-15H2,1-2H3,(H,24,26). The molecule has 1 aliphatic heterocycles. The van der Waals surface area contributed by atoms with Gasteiger partial charge in [0.2, 0.25) is 15.9 Å². The molecule has 3 rings (SSSR count). The summed E-state index contributed by atoms with van der Waals surface area (Å²) in [6.07, 6.45) is 0.969. The van der Waals surface area contributed by atoms with E-state index in [1.807, 2.05) is 24.3 Å². The van der Waals surface area contributed by atoms with E-state index in [9.17, 15) is 17.6 Å². The van der Waals surface area contributed by atoms with Crippen molar-refractivity contribution < 1.29 is 17.6 Å². The number of rotatable bonds is 6. The zero-order valence-electron chi connectivity index (χ0n) is 16.8. The van der Waals surface area contributed by atoms with Gasteiger partial charge in [-0.3, -0.25) is 4.79 Å². The average molecular weight is 419 g/mol. The van der Waals surface area contributed by atoms with Crippen LogP contribution in [0.3, 0.4) is 0 Å². The first kappa shape index (κ1) is 21.5. The van der Waals surface area contributed by atoms with Crippen LogP contribution in [0.5, 0.6) is 0 Å². The first-order valence-electron chi connectivity index (χ1n) is 9.88. The average Bonchev–Trinajstić information content (AvgIpc) is 2.70. The van der Waals surface area contributed by atoms with Crippen molar-refractivity contribution in [3.63, 3.8) is 0 Å². The normalized spacial score (nSPS) is 16.1. The second-order valence-electron chi connectivity index (χ2n) is 7.79. The lowest BCUT2D eigenvalue weighted by Gasteiger charge is -2.30. The minimum Gasteiger partial charge on any atom is -0.326 e. The summed E-state index contributed by atoms with van der Waals surface area (Å²) in [5.74, 6) is -0.533. The van der Waals surface area contributed by atoms with E-state index in [2.05, 4.69) is 19.2 Å². The number of benzene rings is 2. The molecule has 1 N–H and O–H groups in total. The monoisotopic (exact) mass is 418 g/mol. The molecule has 1 fully saturated rings. The maximum absolute atomic E-state index is 13.0. The van der Waals surface area contributed by atoms with Gasteiger partial charge in [0, 0.05) is 24.7 Å². The molecule has 0 radical (unpaired) electrons. The Kier molecular flexibility index (Phi) is 6.70. The molecule has 0 atom stereocenters. The predicted molar refractivity (Wildman–Crippen MR) is 112 cm³/mol. The fourth-order valence-corrected chi connectivity index (χ4v) is 5.19. The van der Waals surface area contributed by atoms with E-state index in [-0.39, 0.29) is 17.6 Å². The molecule has 1 aliphatic rings. The van der Waals surface area contributed by atoms with Crippen LogP contribution in [-0.4, -0.2) is 31.7 Å². The first-order valence-corrected chi connectivity index (χ1v) is 11.5. The maximum Gasteiger partial charge on any atom is 0.227 e. The van der Waals surface area contributed by atoms with E-state index in [1.54, 1.807) is 0 Å². The predicted octanol–water partition coefficient (Wildman–Crippen LogP) is 4.13. The molecule has 29 heavy (non-hydrogen) atoms. The van der Waals surface area contributed by atoms with Crippen molar-refractivity contribution >= 4 is 21.6 Å². The molecule has 0 aliphatic carbocycles. The number of carbonyl (C=O) groups excluding carboxylic acids is 1. The Morgan fingerprint density at radius 2 is 1.72 bits per heavy atom. The Morgan fingerprint density at radius 3 is 2.34 bits per heavy atom. The second kappa shape index (κ2) is 9.05. The minimum atomic E-state index is -3.50. The Morgan fingerprint density at radius 1 is 1.10 bits per heavy atom. The minimum absolute atomic E-state index is 0.0614. The van der Waals surface area contributed by atoms with Gasteiger partial charge in [-0.05, 0) is 48.1 Å². The summed E-state index contributed by atoms with van der Waals surface area (Å²) in [5.41, 5.74) is 2.45. The third kappa shape index (κ3) is 5.42. The highest BCUT2D eigenvalue weighted by molar-refractivity contribution is 7.88. The van der Waals surface area contributed by atoms with Gasteiger partial charge in [0.15, 0.2) is 0 Å². The van der Waals surface area contributed by atoms with Crippen LogP contribution in [0.1, 0.15) is 43.7 Å². The molecule has 156 valence electrons. The summed E-state index contributed by atoms with van der Waals surface area (Å²) in [5, 5.41) is 3.02. The van der Waals surface area contributed by atoms with Crippen LogP contribution < -0.4 is 5.32 Å². The highest BCUT2D eigenvalue weighted by Gasteiger charge is 2.31. The smallest absolute Gasteiger partial charge is 0.227 e. The SMILES string of the molecule is CC(C)c1ccccc1NC(=O)C1CCN(S(=O)(=O)Cc2ccc(F)cc2)CC1. The van der Waals surface area contributed by atoms with Gasteiger partial charge in [0.1, 0.15) is 5.82 Å². The largest absolute Gasteiger partial charge is 0.326 e. The number of halogens is 1. The second-order valence-corrected chi connectivity index (χ2v) is 9.76. The molecule has 0 bridgehead atoms. The molecule has 1 saturated heterocycles. The molecule has 0 saturated carbocycles. The number of sulfonamides is 1. The Labute approximate surface area is 172 Å². The summed E-state index contributed by atoms with van der Waals surface area (Å²) >= 11 is 0. The number of amides is 1. The first-order chi connectivity index (χ1) is 13.8. The topological polar surface area (TPSA) is 66.5 Å². The number of anilines is 1. The molecule has 2 aromatic rings. The number of hydrogen-bond donors (Lipinski definition) is 1. The van der Waals surface area contributed by atoms with Crippen molar-refractivity contribution in [1.29, 1.82) is 0 Å². The van der Waals surface area contributed by atoms with E-state index in [1.165, 1.54) is 28.6 Å². The van der Waals surface area contributed by atoms with Gasteiger partial charge in [-0.15, -0.1) is 0 Å². The van der Waals surface area contributed by atoms with Gasteiger partial charge in [-0.25, -0.2) is 17.1 Å². The fourth-order valence-electron chi connectivity index (χ4n) is 3.63. The quantitative estimate of drug-likeness (QED) is 0.767. The summed E-state index contributed by atoms with van der Waals surface area (Å²) in [4.78, 5) is 12.7. The van der Waals surface area contributed by atoms with Crippen LogP contribution in [-0.2, 0) is 20.6 Å². The lowest BCUT2D eigenvalue weighted by Crippen LogP contribution is -2.42. The van der Waals surface area contributed by atoms with Crippen molar-refractivity contribution in [1.82, 2.24) is 4.31 Å². The Bertz CT molecular complexity index is 950. The highest BCUT2D eigenvalue weighted by atomic mass is 32.2. The lowest BCUT2D eigenvalue weighted by atomic mass is 9.96. The van der Waals surface area contributed by atoms with E-state index < -0.39 is 15.8 Å². The van der Waals surface area contributed by atoms with E-state index >= 15 is 0 Å². The van der Waals surface area contributed by atoms with Crippen LogP contribution >= 0.6 is 0 Å².